The van der Waals surface area contributed by atoms with Gasteiger partial charge < -0.3 is 9.64 Å². The van der Waals surface area contributed by atoms with Crippen LogP contribution in [0.15, 0.2) is 5.38 Å². The highest BCUT2D eigenvalue weighted by atomic mass is 32.1. The number of methoxy groups -OCH3 is 1. The molecule has 0 bridgehead atoms. The number of likely N-dealkylation sites (tertiary alicyclic amines) is 1. The lowest BCUT2D eigenvalue weighted by molar-refractivity contribution is -0.139. The standard InChI is InChI=1S/C13H19N3O3S/c1-9-3-5-16(6-4-9)13(18)15-12-14-10(8-20-12)7-11(17)19-2/h8-9H,3-7H2,1-2H3,(H,14,15,18). The summed E-state index contributed by atoms with van der Waals surface area (Å²) in [4.78, 5) is 29.2. The lowest BCUT2D eigenvalue weighted by Gasteiger charge is -2.29. The second kappa shape index (κ2) is 6.69. The number of hydrogen-bond donors (Lipinski definition) is 1. The fraction of sp³-hybridized carbons (Fsp3) is 0.615. The van der Waals surface area contributed by atoms with Crippen LogP contribution in [0.25, 0.3) is 0 Å². The number of esters is 1. The average Bonchev–Trinajstić information content (AvgIpc) is 2.86. The van der Waals surface area contributed by atoms with Crippen LogP contribution in [0.3, 0.4) is 0 Å². The molecule has 1 aliphatic rings. The number of carbonyl (C=O) groups excluding carboxylic acids is 2. The Labute approximate surface area is 122 Å². The van der Waals surface area contributed by atoms with Crippen LogP contribution in [-0.2, 0) is 16.0 Å². The van der Waals surface area contributed by atoms with Gasteiger partial charge >= 0.3 is 12.0 Å². The van der Waals surface area contributed by atoms with Gasteiger partial charge in [0.1, 0.15) is 0 Å². The second-order valence-electron chi connectivity index (χ2n) is 5.00. The summed E-state index contributed by atoms with van der Waals surface area (Å²) in [6, 6.07) is -0.115. The van der Waals surface area contributed by atoms with Crippen molar-refractivity contribution in [2.24, 2.45) is 5.92 Å². The summed E-state index contributed by atoms with van der Waals surface area (Å²) in [6.45, 7) is 3.77. The number of piperidine rings is 1. The minimum absolute atomic E-state index is 0.115. The molecule has 1 saturated heterocycles. The number of rotatable bonds is 3. The summed E-state index contributed by atoms with van der Waals surface area (Å²) in [5, 5.41) is 5.06. The average molecular weight is 297 g/mol. The van der Waals surface area contributed by atoms with E-state index in [0.717, 1.165) is 25.9 Å². The first kappa shape index (κ1) is 14.8. The van der Waals surface area contributed by atoms with Crippen molar-refractivity contribution >= 4 is 28.5 Å². The van der Waals surface area contributed by atoms with Crippen LogP contribution in [0.4, 0.5) is 9.93 Å². The molecule has 20 heavy (non-hydrogen) atoms. The van der Waals surface area contributed by atoms with Gasteiger partial charge in [-0.15, -0.1) is 11.3 Å². The Morgan fingerprint density at radius 1 is 1.50 bits per heavy atom. The van der Waals surface area contributed by atoms with Crippen molar-refractivity contribution in [2.75, 3.05) is 25.5 Å². The molecule has 0 aromatic carbocycles. The van der Waals surface area contributed by atoms with Crippen molar-refractivity contribution < 1.29 is 14.3 Å². The SMILES string of the molecule is COC(=O)Cc1csc(NC(=O)N2CCC(C)CC2)n1. The molecule has 1 aliphatic heterocycles. The molecule has 7 heteroatoms. The van der Waals surface area contributed by atoms with E-state index in [0.29, 0.717) is 16.7 Å². The molecular formula is C13H19N3O3S. The van der Waals surface area contributed by atoms with Crippen molar-refractivity contribution in [3.8, 4) is 0 Å². The Kier molecular flexibility index (Phi) is 4.94. The minimum Gasteiger partial charge on any atom is -0.469 e. The number of amides is 2. The molecule has 2 rings (SSSR count). The van der Waals surface area contributed by atoms with Gasteiger partial charge in [-0.05, 0) is 18.8 Å². The van der Waals surface area contributed by atoms with Crippen molar-refractivity contribution in [1.29, 1.82) is 0 Å². The van der Waals surface area contributed by atoms with E-state index in [2.05, 4.69) is 22.0 Å². The highest BCUT2D eigenvalue weighted by Gasteiger charge is 2.21. The lowest BCUT2D eigenvalue weighted by atomic mass is 10.00. The first-order valence-electron chi connectivity index (χ1n) is 6.65. The summed E-state index contributed by atoms with van der Waals surface area (Å²) in [6.07, 6.45) is 2.21. The van der Waals surface area contributed by atoms with Crippen molar-refractivity contribution in [1.82, 2.24) is 9.88 Å². The number of thiazole rings is 1. The molecule has 0 unspecified atom stereocenters. The molecular weight excluding hydrogens is 278 g/mol. The van der Waals surface area contributed by atoms with E-state index in [9.17, 15) is 9.59 Å². The van der Waals surface area contributed by atoms with Crippen LogP contribution in [0.2, 0.25) is 0 Å². The van der Waals surface area contributed by atoms with Crippen LogP contribution >= 0.6 is 11.3 Å². The van der Waals surface area contributed by atoms with Crippen LogP contribution in [0.1, 0.15) is 25.5 Å². The predicted octanol–water partition coefficient (Wildman–Crippen LogP) is 2.12. The van der Waals surface area contributed by atoms with E-state index >= 15 is 0 Å². The topological polar surface area (TPSA) is 71.5 Å². The second-order valence-corrected chi connectivity index (χ2v) is 5.85. The molecule has 6 nitrogen and oxygen atoms in total. The zero-order valence-electron chi connectivity index (χ0n) is 11.7. The molecule has 0 spiro atoms. The molecule has 0 saturated carbocycles. The van der Waals surface area contributed by atoms with Crippen molar-refractivity contribution in [2.45, 2.75) is 26.2 Å². The van der Waals surface area contributed by atoms with Gasteiger partial charge in [-0.3, -0.25) is 10.1 Å². The fourth-order valence-electron chi connectivity index (χ4n) is 2.05. The van der Waals surface area contributed by atoms with Gasteiger partial charge in [-0.2, -0.15) is 0 Å². The number of hydrogen-bond acceptors (Lipinski definition) is 5. The van der Waals surface area contributed by atoms with Crippen LogP contribution in [0, 0.1) is 5.92 Å². The van der Waals surface area contributed by atoms with Gasteiger partial charge in [0.05, 0.1) is 19.2 Å². The normalized spacial score (nSPS) is 16.0. The van der Waals surface area contributed by atoms with Gasteiger partial charge in [-0.1, -0.05) is 6.92 Å². The third-order valence-electron chi connectivity index (χ3n) is 3.39. The number of carbonyl (C=O) groups is 2. The largest absolute Gasteiger partial charge is 0.469 e. The Balaban J connectivity index is 1.86. The first-order valence-corrected chi connectivity index (χ1v) is 7.53. The number of anilines is 1. The van der Waals surface area contributed by atoms with E-state index < -0.39 is 0 Å². The Morgan fingerprint density at radius 3 is 2.85 bits per heavy atom. The van der Waals surface area contributed by atoms with Gasteiger partial charge in [0.15, 0.2) is 5.13 Å². The first-order chi connectivity index (χ1) is 9.58. The van der Waals surface area contributed by atoms with Gasteiger partial charge in [-0.25, -0.2) is 9.78 Å². The van der Waals surface area contributed by atoms with Crippen molar-refractivity contribution in [3.63, 3.8) is 0 Å². The van der Waals surface area contributed by atoms with Crippen molar-refractivity contribution in [3.05, 3.63) is 11.1 Å². The Hall–Kier alpha value is -1.63. The molecule has 0 radical (unpaired) electrons. The quantitative estimate of drug-likeness (QED) is 0.868. The van der Waals surface area contributed by atoms with E-state index in [1.165, 1.54) is 18.4 Å². The van der Waals surface area contributed by atoms with Crippen LogP contribution in [-0.4, -0.2) is 42.1 Å². The maximum atomic E-state index is 12.1. The lowest BCUT2D eigenvalue weighted by Crippen LogP contribution is -2.40. The zero-order valence-corrected chi connectivity index (χ0v) is 12.5. The fourth-order valence-corrected chi connectivity index (χ4v) is 2.75. The molecule has 0 atom stereocenters. The summed E-state index contributed by atoms with van der Waals surface area (Å²) in [5.41, 5.74) is 0.615. The molecule has 110 valence electrons. The predicted molar refractivity (Wildman–Crippen MR) is 76.8 cm³/mol. The molecule has 1 fully saturated rings. The smallest absolute Gasteiger partial charge is 0.323 e. The number of nitrogens with zero attached hydrogens (tertiary/aromatic N) is 2. The van der Waals surface area contributed by atoms with E-state index in [4.69, 9.17) is 0 Å². The van der Waals surface area contributed by atoms with Gasteiger partial charge in [0.25, 0.3) is 0 Å². The third-order valence-corrected chi connectivity index (χ3v) is 4.20. The van der Waals surface area contributed by atoms with Gasteiger partial charge in [0, 0.05) is 18.5 Å². The summed E-state index contributed by atoms with van der Waals surface area (Å²) in [7, 11) is 1.34. The monoisotopic (exact) mass is 297 g/mol. The van der Waals surface area contributed by atoms with E-state index in [-0.39, 0.29) is 18.4 Å². The molecule has 1 N–H and O–H groups in total. The summed E-state index contributed by atoms with van der Waals surface area (Å²) < 4.78 is 4.58. The maximum Gasteiger partial charge on any atom is 0.323 e. The number of nitrogens with one attached hydrogen (secondary N) is 1. The summed E-state index contributed by atoms with van der Waals surface area (Å²) in [5.74, 6) is 0.351. The zero-order chi connectivity index (χ0) is 14.5. The molecule has 2 amide bonds. The molecule has 0 aliphatic carbocycles. The number of ether oxygens (including phenoxy) is 1. The molecule has 1 aromatic rings. The van der Waals surface area contributed by atoms with Crippen LogP contribution < -0.4 is 5.32 Å². The van der Waals surface area contributed by atoms with Gasteiger partial charge in [0.2, 0.25) is 0 Å². The maximum absolute atomic E-state index is 12.1. The highest BCUT2D eigenvalue weighted by molar-refractivity contribution is 7.13. The van der Waals surface area contributed by atoms with E-state index in [1.807, 2.05) is 0 Å². The Bertz CT molecular complexity index is 481. The highest BCUT2D eigenvalue weighted by Crippen LogP contribution is 2.19. The summed E-state index contributed by atoms with van der Waals surface area (Å²) >= 11 is 1.32. The van der Waals surface area contributed by atoms with E-state index in [1.54, 1.807) is 10.3 Å². The van der Waals surface area contributed by atoms with Crippen LogP contribution in [0.5, 0.6) is 0 Å². The Morgan fingerprint density at radius 2 is 2.20 bits per heavy atom. The molecule has 2 heterocycles. The number of urea groups is 1. The number of aromatic nitrogens is 1. The third kappa shape index (κ3) is 3.93. The molecule has 1 aromatic heterocycles. The minimum atomic E-state index is -0.335.